The minimum Gasteiger partial charge on any atom is -0.334 e. The van der Waals surface area contributed by atoms with Crippen LogP contribution in [0, 0.1) is 0 Å². The molecule has 0 saturated carbocycles. The van der Waals surface area contributed by atoms with Gasteiger partial charge in [0.1, 0.15) is 0 Å². The normalized spacial score (nSPS) is 11.5. The zero-order valence-corrected chi connectivity index (χ0v) is 9.90. The second-order valence-corrected chi connectivity index (χ2v) is 4.13. The summed E-state index contributed by atoms with van der Waals surface area (Å²) < 4.78 is 2.07. The SMILES string of the molecule is CC(C)=CCC/C(C)=C\Cn1ccnc1. The molecule has 0 atom stereocenters. The van der Waals surface area contributed by atoms with Gasteiger partial charge < -0.3 is 4.57 Å². The Morgan fingerprint density at radius 1 is 1.27 bits per heavy atom. The van der Waals surface area contributed by atoms with E-state index >= 15 is 0 Å². The summed E-state index contributed by atoms with van der Waals surface area (Å²) in [4.78, 5) is 4.01. The third kappa shape index (κ3) is 5.21. The maximum absolute atomic E-state index is 4.01. The van der Waals surface area contributed by atoms with Crippen LogP contribution in [0.1, 0.15) is 33.6 Å². The molecule has 0 radical (unpaired) electrons. The van der Waals surface area contributed by atoms with Crippen molar-refractivity contribution in [3.8, 4) is 0 Å². The van der Waals surface area contributed by atoms with Gasteiger partial charge >= 0.3 is 0 Å². The maximum Gasteiger partial charge on any atom is 0.0948 e. The van der Waals surface area contributed by atoms with Gasteiger partial charge in [-0.1, -0.05) is 23.3 Å². The molecule has 1 aromatic heterocycles. The minimum absolute atomic E-state index is 0.931. The zero-order chi connectivity index (χ0) is 11.1. The fraction of sp³-hybridized carbons (Fsp3) is 0.462. The second-order valence-electron chi connectivity index (χ2n) is 4.13. The average Bonchev–Trinajstić information content (AvgIpc) is 2.66. The van der Waals surface area contributed by atoms with Crippen LogP contribution in [0.5, 0.6) is 0 Å². The van der Waals surface area contributed by atoms with Crippen molar-refractivity contribution in [3.05, 3.63) is 42.0 Å². The van der Waals surface area contributed by atoms with E-state index in [0.29, 0.717) is 0 Å². The number of allylic oxidation sites excluding steroid dienone is 4. The van der Waals surface area contributed by atoms with E-state index in [2.05, 4.69) is 42.5 Å². The van der Waals surface area contributed by atoms with Gasteiger partial charge in [-0.3, -0.25) is 0 Å². The van der Waals surface area contributed by atoms with Crippen LogP contribution in [0.25, 0.3) is 0 Å². The summed E-state index contributed by atoms with van der Waals surface area (Å²) in [6.07, 6.45) is 12.5. The lowest BCUT2D eigenvalue weighted by atomic mass is 10.1. The molecule has 0 amide bonds. The van der Waals surface area contributed by atoms with Gasteiger partial charge in [0.15, 0.2) is 0 Å². The fourth-order valence-electron chi connectivity index (χ4n) is 1.35. The molecule has 0 unspecified atom stereocenters. The molecule has 0 aliphatic carbocycles. The van der Waals surface area contributed by atoms with Crippen LogP contribution in [-0.2, 0) is 6.54 Å². The molecule has 82 valence electrons. The van der Waals surface area contributed by atoms with Gasteiger partial charge in [0, 0.05) is 18.9 Å². The molecule has 1 aromatic rings. The Balaban J connectivity index is 2.30. The highest BCUT2D eigenvalue weighted by molar-refractivity contribution is 5.02. The summed E-state index contributed by atoms with van der Waals surface area (Å²) in [6, 6.07) is 0. The maximum atomic E-state index is 4.01. The lowest BCUT2D eigenvalue weighted by molar-refractivity contribution is 0.805. The van der Waals surface area contributed by atoms with Crippen molar-refractivity contribution in [3.63, 3.8) is 0 Å². The number of aromatic nitrogens is 2. The summed E-state index contributed by atoms with van der Waals surface area (Å²) in [6.45, 7) is 7.41. The Labute approximate surface area is 92.3 Å². The third-order valence-corrected chi connectivity index (χ3v) is 2.30. The predicted octanol–water partition coefficient (Wildman–Crippen LogP) is 3.58. The molecule has 0 bridgehead atoms. The van der Waals surface area contributed by atoms with E-state index < -0.39 is 0 Å². The number of hydrogen-bond acceptors (Lipinski definition) is 1. The average molecular weight is 204 g/mol. The van der Waals surface area contributed by atoms with Crippen LogP contribution in [0.15, 0.2) is 42.0 Å². The topological polar surface area (TPSA) is 17.8 Å². The van der Waals surface area contributed by atoms with E-state index in [1.165, 1.54) is 11.1 Å². The summed E-state index contributed by atoms with van der Waals surface area (Å²) in [5.41, 5.74) is 2.85. The number of nitrogens with zero attached hydrogens (tertiary/aromatic N) is 2. The summed E-state index contributed by atoms with van der Waals surface area (Å²) in [5, 5.41) is 0. The van der Waals surface area contributed by atoms with Crippen LogP contribution in [0.3, 0.4) is 0 Å². The van der Waals surface area contributed by atoms with Crippen LogP contribution < -0.4 is 0 Å². The first-order valence-electron chi connectivity index (χ1n) is 5.43. The van der Waals surface area contributed by atoms with Gasteiger partial charge in [0.05, 0.1) is 6.33 Å². The van der Waals surface area contributed by atoms with Crippen LogP contribution in [0.4, 0.5) is 0 Å². The zero-order valence-electron chi connectivity index (χ0n) is 9.90. The van der Waals surface area contributed by atoms with E-state index in [-0.39, 0.29) is 0 Å². The molecule has 0 aliphatic rings. The lowest BCUT2D eigenvalue weighted by Crippen LogP contribution is -1.91. The largest absolute Gasteiger partial charge is 0.334 e. The quantitative estimate of drug-likeness (QED) is 0.670. The standard InChI is InChI=1S/C13H20N2/c1-12(2)5-4-6-13(3)7-9-15-10-8-14-11-15/h5,7-8,10-11H,4,6,9H2,1-3H3/b13-7-. The highest BCUT2D eigenvalue weighted by atomic mass is 15.0. The molecule has 1 heterocycles. The molecule has 15 heavy (non-hydrogen) atoms. The molecule has 2 nitrogen and oxygen atoms in total. The number of rotatable bonds is 5. The van der Waals surface area contributed by atoms with Crippen molar-refractivity contribution < 1.29 is 0 Å². The van der Waals surface area contributed by atoms with Crippen molar-refractivity contribution in [2.24, 2.45) is 0 Å². The molecule has 0 aliphatic heterocycles. The first kappa shape index (κ1) is 11.8. The Morgan fingerprint density at radius 2 is 2.07 bits per heavy atom. The monoisotopic (exact) mass is 204 g/mol. The van der Waals surface area contributed by atoms with Gasteiger partial charge in [-0.25, -0.2) is 4.98 Å². The van der Waals surface area contributed by atoms with E-state index in [1.807, 2.05) is 18.7 Å². The van der Waals surface area contributed by atoms with Crippen molar-refractivity contribution in [2.45, 2.75) is 40.2 Å². The first-order chi connectivity index (χ1) is 7.18. The molecule has 0 saturated heterocycles. The van der Waals surface area contributed by atoms with Crippen molar-refractivity contribution in [2.75, 3.05) is 0 Å². The predicted molar refractivity (Wildman–Crippen MR) is 64.6 cm³/mol. The molecule has 0 aromatic carbocycles. The minimum atomic E-state index is 0.931. The molecule has 0 fully saturated rings. The lowest BCUT2D eigenvalue weighted by Gasteiger charge is -2.00. The third-order valence-electron chi connectivity index (χ3n) is 2.30. The van der Waals surface area contributed by atoms with Crippen LogP contribution >= 0.6 is 0 Å². The summed E-state index contributed by atoms with van der Waals surface area (Å²) in [5.74, 6) is 0. The smallest absolute Gasteiger partial charge is 0.0948 e. The van der Waals surface area contributed by atoms with E-state index in [9.17, 15) is 0 Å². The Hall–Kier alpha value is -1.31. The molecule has 1 rings (SSSR count). The van der Waals surface area contributed by atoms with Crippen molar-refractivity contribution in [1.82, 2.24) is 9.55 Å². The van der Waals surface area contributed by atoms with E-state index in [0.717, 1.165) is 19.4 Å². The van der Waals surface area contributed by atoms with Crippen molar-refractivity contribution in [1.29, 1.82) is 0 Å². The van der Waals surface area contributed by atoms with Gasteiger partial charge in [-0.15, -0.1) is 0 Å². The van der Waals surface area contributed by atoms with E-state index in [4.69, 9.17) is 0 Å². The van der Waals surface area contributed by atoms with E-state index in [1.54, 1.807) is 0 Å². The Morgan fingerprint density at radius 3 is 2.67 bits per heavy atom. The van der Waals surface area contributed by atoms with Crippen molar-refractivity contribution >= 4 is 0 Å². The van der Waals surface area contributed by atoms with Gasteiger partial charge in [-0.2, -0.15) is 0 Å². The van der Waals surface area contributed by atoms with Gasteiger partial charge in [0.2, 0.25) is 0 Å². The molecule has 0 spiro atoms. The van der Waals surface area contributed by atoms with Crippen LogP contribution in [0.2, 0.25) is 0 Å². The molecular weight excluding hydrogens is 184 g/mol. The Kier molecular flexibility index (Phi) is 4.88. The number of imidazole rings is 1. The van der Waals surface area contributed by atoms with Gasteiger partial charge in [0.25, 0.3) is 0 Å². The summed E-state index contributed by atoms with van der Waals surface area (Å²) in [7, 11) is 0. The highest BCUT2D eigenvalue weighted by Crippen LogP contribution is 2.06. The Bertz CT molecular complexity index is 327. The molecule has 2 heteroatoms. The number of hydrogen-bond donors (Lipinski definition) is 0. The van der Waals surface area contributed by atoms with Gasteiger partial charge in [-0.05, 0) is 33.6 Å². The second kappa shape index (κ2) is 6.23. The summed E-state index contributed by atoms with van der Waals surface area (Å²) >= 11 is 0. The molecular formula is C13H20N2. The first-order valence-corrected chi connectivity index (χ1v) is 5.43. The highest BCUT2D eigenvalue weighted by Gasteiger charge is 1.90. The molecule has 0 N–H and O–H groups in total. The fourth-order valence-corrected chi connectivity index (χ4v) is 1.35. The van der Waals surface area contributed by atoms with Crippen LogP contribution in [-0.4, -0.2) is 9.55 Å².